The van der Waals surface area contributed by atoms with Crippen LogP contribution in [0.2, 0.25) is 0 Å². The van der Waals surface area contributed by atoms with E-state index >= 15 is 0 Å². The molecule has 2 heterocycles. The van der Waals surface area contributed by atoms with Crippen molar-refractivity contribution in [3.8, 4) is 0 Å². The standard InChI is InChI=1S/C20H22FN3O2/c1-14-6-5-9-23-12-18(22-19(14)23)20(25)24(15(2)13-26-3)11-16-7-4-8-17(21)10-16/h4-10,12,15H,11,13H2,1-3H3/t15-/m0/s1. The lowest BCUT2D eigenvalue weighted by molar-refractivity contribution is 0.0537. The molecule has 3 rings (SSSR count). The van der Waals surface area contributed by atoms with Gasteiger partial charge in [-0.05, 0) is 43.2 Å². The van der Waals surface area contributed by atoms with Gasteiger partial charge in [-0.3, -0.25) is 4.79 Å². The first kappa shape index (κ1) is 18.1. The SMILES string of the molecule is COC[C@H](C)N(Cc1cccc(F)c1)C(=O)c1cn2cccc(C)c2n1. The van der Waals surface area contributed by atoms with Gasteiger partial charge in [-0.15, -0.1) is 0 Å². The fourth-order valence-electron chi connectivity index (χ4n) is 2.99. The Labute approximate surface area is 152 Å². The number of nitrogens with zero attached hydrogens (tertiary/aromatic N) is 3. The number of hydrogen-bond donors (Lipinski definition) is 0. The van der Waals surface area contributed by atoms with Crippen molar-refractivity contribution in [2.45, 2.75) is 26.4 Å². The van der Waals surface area contributed by atoms with E-state index in [1.54, 1.807) is 30.3 Å². The van der Waals surface area contributed by atoms with Crippen LogP contribution in [0, 0.1) is 12.7 Å². The zero-order valence-electron chi connectivity index (χ0n) is 15.1. The van der Waals surface area contributed by atoms with E-state index < -0.39 is 0 Å². The predicted molar refractivity (Wildman–Crippen MR) is 97.5 cm³/mol. The summed E-state index contributed by atoms with van der Waals surface area (Å²) in [6.45, 7) is 4.53. The van der Waals surface area contributed by atoms with E-state index in [4.69, 9.17) is 4.74 Å². The summed E-state index contributed by atoms with van der Waals surface area (Å²) in [5, 5.41) is 0. The molecule has 0 aliphatic heterocycles. The third kappa shape index (κ3) is 3.75. The monoisotopic (exact) mass is 355 g/mol. The molecule has 1 atom stereocenters. The topological polar surface area (TPSA) is 46.8 Å². The number of carbonyl (C=O) groups is 1. The fraction of sp³-hybridized carbons (Fsp3) is 0.300. The third-order valence-electron chi connectivity index (χ3n) is 4.34. The molecule has 136 valence electrons. The summed E-state index contributed by atoms with van der Waals surface area (Å²) < 4.78 is 20.6. The van der Waals surface area contributed by atoms with Gasteiger partial charge in [-0.2, -0.15) is 0 Å². The summed E-state index contributed by atoms with van der Waals surface area (Å²) in [7, 11) is 1.59. The highest BCUT2D eigenvalue weighted by Crippen LogP contribution is 2.16. The second-order valence-electron chi connectivity index (χ2n) is 6.42. The molecule has 5 nitrogen and oxygen atoms in total. The Morgan fingerprint density at radius 2 is 2.15 bits per heavy atom. The van der Waals surface area contributed by atoms with Crippen LogP contribution in [0.4, 0.5) is 4.39 Å². The number of ether oxygens (including phenoxy) is 1. The maximum atomic E-state index is 13.5. The van der Waals surface area contributed by atoms with Crippen molar-refractivity contribution in [3.05, 3.63) is 71.4 Å². The van der Waals surface area contributed by atoms with Crippen molar-refractivity contribution >= 4 is 11.6 Å². The molecule has 0 fully saturated rings. The van der Waals surface area contributed by atoms with Crippen LogP contribution in [-0.2, 0) is 11.3 Å². The van der Waals surface area contributed by atoms with E-state index in [9.17, 15) is 9.18 Å². The number of benzene rings is 1. The van der Waals surface area contributed by atoms with Gasteiger partial charge >= 0.3 is 0 Å². The average molecular weight is 355 g/mol. The Hall–Kier alpha value is -2.73. The van der Waals surface area contributed by atoms with Gasteiger partial charge in [0.2, 0.25) is 0 Å². The molecule has 0 radical (unpaired) electrons. The molecule has 0 saturated carbocycles. The number of rotatable bonds is 6. The highest BCUT2D eigenvalue weighted by molar-refractivity contribution is 5.93. The van der Waals surface area contributed by atoms with Crippen molar-refractivity contribution < 1.29 is 13.9 Å². The summed E-state index contributed by atoms with van der Waals surface area (Å²) in [4.78, 5) is 19.3. The van der Waals surface area contributed by atoms with Crippen LogP contribution in [0.5, 0.6) is 0 Å². The number of pyridine rings is 1. The van der Waals surface area contributed by atoms with E-state index in [2.05, 4.69) is 4.98 Å². The maximum absolute atomic E-state index is 13.5. The number of amides is 1. The second kappa shape index (κ2) is 7.66. The molecule has 0 unspecified atom stereocenters. The first-order chi connectivity index (χ1) is 12.5. The average Bonchev–Trinajstić information content (AvgIpc) is 3.05. The zero-order valence-corrected chi connectivity index (χ0v) is 15.1. The molecule has 1 amide bonds. The van der Waals surface area contributed by atoms with Gasteiger partial charge in [0.05, 0.1) is 12.6 Å². The molecule has 2 aromatic heterocycles. The number of hydrogen-bond acceptors (Lipinski definition) is 3. The van der Waals surface area contributed by atoms with Crippen LogP contribution < -0.4 is 0 Å². The molecule has 26 heavy (non-hydrogen) atoms. The predicted octanol–water partition coefficient (Wildman–Crippen LogP) is 3.46. The van der Waals surface area contributed by atoms with Gasteiger partial charge in [0.1, 0.15) is 17.2 Å². The number of carbonyl (C=O) groups excluding carboxylic acids is 1. The Kier molecular flexibility index (Phi) is 5.32. The van der Waals surface area contributed by atoms with Crippen molar-refractivity contribution in [1.29, 1.82) is 0 Å². The van der Waals surface area contributed by atoms with E-state index in [0.717, 1.165) is 16.8 Å². The van der Waals surface area contributed by atoms with Gasteiger partial charge in [-0.1, -0.05) is 18.2 Å². The van der Waals surface area contributed by atoms with Crippen LogP contribution in [0.15, 0.2) is 48.8 Å². The number of aromatic nitrogens is 2. The molecule has 3 aromatic rings. The number of imidazole rings is 1. The largest absolute Gasteiger partial charge is 0.383 e. The first-order valence-electron chi connectivity index (χ1n) is 8.48. The smallest absolute Gasteiger partial charge is 0.274 e. The minimum Gasteiger partial charge on any atom is -0.383 e. The zero-order chi connectivity index (χ0) is 18.7. The number of fused-ring (bicyclic) bond motifs is 1. The van der Waals surface area contributed by atoms with E-state index in [0.29, 0.717) is 12.3 Å². The molecule has 0 N–H and O–H groups in total. The molecular weight excluding hydrogens is 333 g/mol. The Morgan fingerprint density at radius 1 is 1.35 bits per heavy atom. The molecule has 0 bridgehead atoms. The van der Waals surface area contributed by atoms with Gasteiger partial charge in [0.25, 0.3) is 5.91 Å². The van der Waals surface area contributed by atoms with Crippen molar-refractivity contribution in [3.63, 3.8) is 0 Å². The molecule has 0 spiro atoms. The lowest BCUT2D eigenvalue weighted by atomic mass is 10.1. The molecule has 6 heteroatoms. The van der Waals surface area contributed by atoms with Gasteiger partial charge in [0, 0.05) is 26.0 Å². The minimum atomic E-state index is -0.322. The molecular formula is C20H22FN3O2. The fourth-order valence-corrected chi connectivity index (χ4v) is 2.99. The van der Waals surface area contributed by atoms with Gasteiger partial charge in [0.15, 0.2) is 0 Å². The quantitative estimate of drug-likeness (QED) is 0.680. The molecule has 1 aromatic carbocycles. The van der Waals surface area contributed by atoms with Gasteiger partial charge in [-0.25, -0.2) is 9.37 Å². The summed E-state index contributed by atoms with van der Waals surface area (Å²) >= 11 is 0. The number of aryl methyl sites for hydroxylation is 1. The summed E-state index contributed by atoms with van der Waals surface area (Å²) in [6, 6.07) is 9.96. The molecule has 0 aliphatic carbocycles. The summed E-state index contributed by atoms with van der Waals surface area (Å²) in [6.07, 6.45) is 3.59. The second-order valence-corrected chi connectivity index (χ2v) is 6.42. The highest BCUT2D eigenvalue weighted by atomic mass is 19.1. The lowest BCUT2D eigenvalue weighted by Gasteiger charge is -2.28. The Bertz CT molecular complexity index is 922. The highest BCUT2D eigenvalue weighted by Gasteiger charge is 2.24. The van der Waals surface area contributed by atoms with E-state index in [1.807, 2.05) is 36.6 Å². The third-order valence-corrected chi connectivity index (χ3v) is 4.34. The number of halogens is 1. The van der Waals surface area contributed by atoms with Gasteiger partial charge < -0.3 is 14.0 Å². The number of methoxy groups -OCH3 is 1. The van der Waals surface area contributed by atoms with Crippen molar-refractivity contribution in [2.75, 3.05) is 13.7 Å². The van der Waals surface area contributed by atoms with Crippen molar-refractivity contribution in [1.82, 2.24) is 14.3 Å². The van der Waals surface area contributed by atoms with Crippen LogP contribution >= 0.6 is 0 Å². The summed E-state index contributed by atoms with van der Waals surface area (Å²) in [5.74, 6) is -0.528. The lowest BCUT2D eigenvalue weighted by Crippen LogP contribution is -2.40. The summed E-state index contributed by atoms with van der Waals surface area (Å²) in [5.41, 5.74) is 2.83. The van der Waals surface area contributed by atoms with Crippen LogP contribution in [0.1, 0.15) is 28.5 Å². The normalized spacial score (nSPS) is 12.3. The van der Waals surface area contributed by atoms with Crippen LogP contribution in [0.25, 0.3) is 5.65 Å². The van der Waals surface area contributed by atoms with E-state index in [1.165, 1.54) is 12.1 Å². The first-order valence-corrected chi connectivity index (χ1v) is 8.48. The van der Waals surface area contributed by atoms with Crippen LogP contribution in [0.3, 0.4) is 0 Å². The molecule has 0 aliphatic rings. The van der Waals surface area contributed by atoms with Crippen LogP contribution in [-0.4, -0.2) is 40.0 Å². The maximum Gasteiger partial charge on any atom is 0.274 e. The van der Waals surface area contributed by atoms with E-state index in [-0.39, 0.29) is 24.3 Å². The van der Waals surface area contributed by atoms with Crippen molar-refractivity contribution in [2.24, 2.45) is 0 Å². The Balaban J connectivity index is 1.94. The minimum absolute atomic E-state index is 0.179. The Morgan fingerprint density at radius 3 is 2.85 bits per heavy atom. The molecule has 0 saturated heterocycles.